The molecule has 16 heavy (non-hydrogen) atoms. The molecule has 2 fully saturated rings. The van der Waals surface area contributed by atoms with E-state index in [1.807, 2.05) is 0 Å². The Morgan fingerprint density at radius 2 is 2.06 bits per heavy atom. The summed E-state index contributed by atoms with van der Waals surface area (Å²) >= 11 is 0. The lowest BCUT2D eigenvalue weighted by atomic mass is 9.42. The Labute approximate surface area is 96.7 Å². The van der Waals surface area contributed by atoms with Crippen molar-refractivity contribution in [2.45, 2.75) is 33.1 Å². The second-order valence-electron chi connectivity index (χ2n) is 5.77. The van der Waals surface area contributed by atoms with Crippen LogP contribution >= 0.6 is 0 Å². The maximum absolute atomic E-state index is 11.7. The number of hydrogen-bond donors (Lipinski definition) is 1. The minimum atomic E-state index is -0.538. The van der Waals surface area contributed by atoms with E-state index in [-0.39, 0.29) is 0 Å². The summed E-state index contributed by atoms with van der Waals surface area (Å²) in [6.07, 6.45) is 7.68. The average Bonchev–Trinajstić information content (AvgIpc) is 2.77. The first-order chi connectivity index (χ1) is 7.66. The normalized spacial score (nSPS) is 52.5. The molecular weight excluding hydrogens is 200 g/mol. The first-order valence-electron chi connectivity index (χ1n) is 6.58. The van der Waals surface area contributed by atoms with Crippen LogP contribution in [0.1, 0.15) is 33.1 Å². The van der Waals surface area contributed by atoms with Crippen LogP contribution in [0.5, 0.6) is 0 Å². The molecule has 1 N–H and O–H groups in total. The van der Waals surface area contributed by atoms with Gasteiger partial charge in [0.25, 0.3) is 0 Å². The van der Waals surface area contributed by atoms with Crippen molar-refractivity contribution in [3.8, 4) is 0 Å². The van der Waals surface area contributed by atoms with E-state index in [0.29, 0.717) is 29.6 Å². The number of fused-ring (bicyclic) bond motifs is 5. The molecular formula is C14H20O2. The van der Waals surface area contributed by atoms with Gasteiger partial charge in [-0.1, -0.05) is 32.4 Å². The predicted octanol–water partition coefficient (Wildman–Crippen LogP) is 2.95. The maximum atomic E-state index is 11.7. The highest BCUT2D eigenvalue weighted by Crippen LogP contribution is 2.71. The lowest BCUT2D eigenvalue weighted by Crippen LogP contribution is -2.61. The summed E-state index contributed by atoms with van der Waals surface area (Å²) in [5.41, 5.74) is -0.399. The zero-order valence-corrected chi connectivity index (χ0v) is 10.0. The molecule has 0 aromatic carbocycles. The summed E-state index contributed by atoms with van der Waals surface area (Å²) in [7, 11) is 0. The summed E-state index contributed by atoms with van der Waals surface area (Å²) in [5.74, 6) is 2.25. The van der Waals surface area contributed by atoms with Gasteiger partial charge in [-0.15, -0.1) is 0 Å². The fraction of sp³-hybridized carbons (Fsp3) is 0.786. The van der Waals surface area contributed by atoms with E-state index >= 15 is 0 Å². The molecule has 0 radical (unpaired) electrons. The van der Waals surface area contributed by atoms with Gasteiger partial charge in [-0.2, -0.15) is 0 Å². The Morgan fingerprint density at radius 1 is 1.38 bits per heavy atom. The van der Waals surface area contributed by atoms with Gasteiger partial charge in [-0.25, -0.2) is 0 Å². The number of allylic oxidation sites excluding steroid dienone is 2. The number of hydrogen-bond acceptors (Lipinski definition) is 1. The molecule has 0 saturated heterocycles. The number of carboxylic acid groups (broad SMARTS) is 1. The molecule has 4 unspecified atom stereocenters. The minimum Gasteiger partial charge on any atom is -0.481 e. The van der Waals surface area contributed by atoms with Gasteiger partial charge in [0.1, 0.15) is 0 Å². The molecule has 2 nitrogen and oxygen atoms in total. The van der Waals surface area contributed by atoms with Crippen LogP contribution in [0.25, 0.3) is 0 Å². The van der Waals surface area contributed by atoms with Crippen LogP contribution in [0.4, 0.5) is 0 Å². The quantitative estimate of drug-likeness (QED) is 0.742. The molecule has 0 amide bonds. The Kier molecular flexibility index (Phi) is 2.02. The standard InChI is InChI=1S/C14H20O2/c1-3-10-11-8-5-6-9(7-8)12(11)14(10,4-2)13(15)16/h5-6,8-12H,3-4,7H2,1-2H3,(H,15,16)/t8?,9?,10-,11?,12?,14+/m1/s1. The molecule has 0 aromatic rings. The maximum Gasteiger partial charge on any atom is 0.310 e. The zero-order valence-electron chi connectivity index (χ0n) is 10.0. The number of rotatable bonds is 3. The third-order valence-corrected chi connectivity index (χ3v) is 5.66. The van der Waals surface area contributed by atoms with Crippen molar-refractivity contribution in [2.24, 2.45) is 35.0 Å². The fourth-order valence-corrected chi connectivity index (χ4v) is 5.19. The molecule has 3 aliphatic rings. The molecule has 0 aromatic heterocycles. The van der Waals surface area contributed by atoms with Gasteiger partial charge < -0.3 is 5.11 Å². The van der Waals surface area contributed by atoms with E-state index < -0.39 is 11.4 Å². The van der Waals surface area contributed by atoms with Crippen molar-refractivity contribution in [3.05, 3.63) is 12.2 Å². The highest BCUT2D eigenvalue weighted by Gasteiger charge is 2.70. The van der Waals surface area contributed by atoms with E-state index in [4.69, 9.17) is 0 Å². The SMILES string of the molecule is CC[C@@H]1C2C3C=CC(C3)C2[C@@]1(CC)C(=O)O. The smallest absolute Gasteiger partial charge is 0.310 e. The molecule has 2 bridgehead atoms. The van der Waals surface area contributed by atoms with E-state index in [1.54, 1.807) is 0 Å². The van der Waals surface area contributed by atoms with Gasteiger partial charge in [0.05, 0.1) is 5.41 Å². The van der Waals surface area contributed by atoms with Crippen molar-refractivity contribution in [2.75, 3.05) is 0 Å². The summed E-state index contributed by atoms with van der Waals surface area (Å²) < 4.78 is 0. The second kappa shape index (κ2) is 3.12. The third kappa shape index (κ3) is 0.884. The van der Waals surface area contributed by atoms with Gasteiger partial charge in [-0.3, -0.25) is 4.79 Å². The monoisotopic (exact) mass is 220 g/mol. The van der Waals surface area contributed by atoms with Gasteiger partial charge in [-0.05, 0) is 42.4 Å². The van der Waals surface area contributed by atoms with Crippen LogP contribution in [0.3, 0.4) is 0 Å². The van der Waals surface area contributed by atoms with Gasteiger partial charge in [0.2, 0.25) is 0 Å². The van der Waals surface area contributed by atoms with Gasteiger partial charge >= 0.3 is 5.97 Å². The van der Waals surface area contributed by atoms with E-state index in [1.165, 1.54) is 6.42 Å². The van der Waals surface area contributed by atoms with E-state index in [2.05, 4.69) is 26.0 Å². The molecule has 3 rings (SSSR count). The zero-order chi connectivity index (χ0) is 11.5. The van der Waals surface area contributed by atoms with Gasteiger partial charge in [0.15, 0.2) is 0 Å². The van der Waals surface area contributed by atoms with Crippen LogP contribution in [0, 0.1) is 35.0 Å². The molecule has 0 heterocycles. The average molecular weight is 220 g/mol. The molecule has 88 valence electrons. The molecule has 6 atom stereocenters. The Bertz CT molecular complexity index is 360. The Balaban J connectivity index is 2.01. The summed E-state index contributed by atoms with van der Waals surface area (Å²) in [6, 6.07) is 0. The highest BCUT2D eigenvalue weighted by atomic mass is 16.4. The molecule has 0 spiro atoms. The van der Waals surface area contributed by atoms with Crippen LogP contribution in [0.2, 0.25) is 0 Å². The van der Waals surface area contributed by atoms with E-state index in [9.17, 15) is 9.90 Å². The topological polar surface area (TPSA) is 37.3 Å². The highest BCUT2D eigenvalue weighted by molar-refractivity contribution is 5.77. The first kappa shape index (κ1) is 10.4. The van der Waals surface area contributed by atoms with Crippen LogP contribution in [-0.2, 0) is 4.79 Å². The lowest BCUT2D eigenvalue weighted by molar-refractivity contribution is -0.190. The molecule has 2 saturated carbocycles. The third-order valence-electron chi connectivity index (χ3n) is 5.66. The van der Waals surface area contributed by atoms with Crippen molar-refractivity contribution >= 4 is 5.97 Å². The van der Waals surface area contributed by atoms with Crippen molar-refractivity contribution in [1.82, 2.24) is 0 Å². The van der Waals surface area contributed by atoms with Crippen LogP contribution in [-0.4, -0.2) is 11.1 Å². The van der Waals surface area contributed by atoms with E-state index in [0.717, 1.165) is 12.8 Å². The van der Waals surface area contributed by atoms with Crippen molar-refractivity contribution in [1.29, 1.82) is 0 Å². The lowest BCUT2D eigenvalue weighted by Gasteiger charge is -2.60. The van der Waals surface area contributed by atoms with Crippen LogP contribution < -0.4 is 0 Å². The summed E-state index contributed by atoms with van der Waals surface area (Å²) in [6.45, 7) is 4.21. The summed E-state index contributed by atoms with van der Waals surface area (Å²) in [5, 5.41) is 9.64. The van der Waals surface area contributed by atoms with Crippen molar-refractivity contribution in [3.63, 3.8) is 0 Å². The molecule has 0 aliphatic heterocycles. The number of carbonyl (C=O) groups is 1. The predicted molar refractivity (Wildman–Crippen MR) is 61.9 cm³/mol. The summed E-state index contributed by atoms with van der Waals surface area (Å²) in [4.78, 5) is 11.7. The van der Waals surface area contributed by atoms with Crippen LogP contribution in [0.15, 0.2) is 12.2 Å². The second-order valence-corrected chi connectivity index (χ2v) is 5.77. The first-order valence-corrected chi connectivity index (χ1v) is 6.58. The van der Waals surface area contributed by atoms with Gasteiger partial charge in [0, 0.05) is 0 Å². The largest absolute Gasteiger partial charge is 0.481 e. The minimum absolute atomic E-state index is 0.399. The Morgan fingerprint density at radius 3 is 2.62 bits per heavy atom. The number of carboxylic acids is 1. The molecule has 2 heteroatoms. The molecule has 3 aliphatic carbocycles. The number of aliphatic carboxylic acids is 1. The fourth-order valence-electron chi connectivity index (χ4n) is 5.19. The Hall–Kier alpha value is -0.790. The van der Waals surface area contributed by atoms with Crippen molar-refractivity contribution < 1.29 is 9.90 Å².